The molecule has 3 fully saturated rings. The molecule has 17 heavy (non-hydrogen) atoms. The fourth-order valence-electron chi connectivity index (χ4n) is 4.52. The Kier molecular flexibility index (Phi) is 1.84. The zero-order valence-corrected chi connectivity index (χ0v) is 9.60. The van der Waals surface area contributed by atoms with Crippen LogP contribution in [0.2, 0.25) is 0 Å². The van der Waals surface area contributed by atoms with Crippen molar-refractivity contribution in [2.45, 2.75) is 19.3 Å². The molecular weight excluding hydrogens is 215 g/mol. The van der Waals surface area contributed by atoms with Crippen LogP contribution in [0, 0.1) is 35.4 Å². The lowest BCUT2D eigenvalue weighted by molar-refractivity contribution is 0.0940. The van der Waals surface area contributed by atoms with E-state index in [2.05, 4.69) is 0 Å². The summed E-state index contributed by atoms with van der Waals surface area (Å²) in [4.78, 5) is 12.3. The van der Waals surface area contributed by atoms with Crippen LogP contribution in [-0.4, -0.2) is 5.78 Å². The van der Waals surface area contributed by atoms with Gasteiger partial charge in [-0.05, 0) is 55.1 Å². The largest absolute Gasteiger partial charge is 0.294 e. The molecule has 3 saturated carbocycles. The van der Waals surface area contributed by atoms with E-state index in [1.807, 2.05) is 0 Å². The lowest BCUT2D eigenvalue weighted by Crippen LogP contribution is -2.11. The van der Waals surface area contributed by atoms with Gasteiger partial charge in [-0.1, -0.05) is 12.1 Å². The molecule has 0 N–H and O–H groups in total. The van der Waals surface area contributed by atoms with E-state index >= 15 is 0 Å². The van der Waals surface area contributed by atoms with E-state index in [0.29, 0.717) is 17.4 Å². The van der Waals surface area contributed by atoms with Gasteiger partial charge in [0.15, 0.2) is 5.78 Å². The highest BCUT2D eigenvalue weighted by atomic mass is 19.1. The van der Waals surface area contributed by atoms with Crippen LogP contribution in [0.15, 0.2) is 24.3 Å². The minimum atomic E-state index is -0.352. The molecule has 88 valence electrons. The molecule has 4 unspecified atom stereocenters. The number of hydrogen-bond donors (Lipinski definition) is 0. The standard InChI is InChI=1S/C15H15FO/c16-11-4-2-1-3-10(11)15(17)14-12-8-5-6-9(7-8)13(12)14/h1-4,8-9,12-14H,5-7H2. The predicted molar refractivity (Wildman–Crippen MR) is 62.0 cm³/mol. The maximum absolute atomic E-state index is 13.6. The molecule has 3 aliphatic carbocycles. The van der Waals surface area contributed by atoms with Gasteiger partial charge in [-0.2, -0.15) is 0 Å². The van der Waals surface area contributed by atoms with Gasteiger partial charge in [0.25, 0.3) is 0 Å². The maximum Gasteiger partial charge on any atom is 0.169 e. The first kappa shape index (κ1) is 9.81. The number of hydrogen-bond acceptors (Lipinski definition) is 1. The van der Waals surface area contributed by atoms with E-state index in [1.54, 1.807) is 18.2 Å². The number of ketones is 1. The molecule has 2 heteroatoms. The van der Waals surface area contributed by atoms with Gasteiger partial charge in [0.05, 0.1) is 5.56 Å². The summed E-state index contributed by atoms with van der Waals surface area (Å²) in [7, 11) is 0. The SMILES string of the molecule is O=C(c1ccccc1F)C1C2C3CCC(C3)C12. The van der Waals surface area contributed by atoms with E-state index in [0.717, 1.165) is 11.8 Å². The quantitative estimate of drug-likeness (QED) is 0.712. The molecule has 4 rings (SSSR count). The average Bonchev–Trinajstić information content (AvgIpc) is 2.77. The second-order valence-corrected chi connectivity index (χ2v) is 5.86. The minimum Gasteiger partial charge on any atom is -0.294 e. The molecule has 2 bridgehead atoms. The lowest BCUT2D eigenvalue weighted by Gasteiger charge is -2.08. The third-order valence-electron chi connectivity index (χ3n) is 5.18. The van der Waals surface area contributed by atoms with Crippen molar-refractivity contribution in [2.24, 2.45) is 29.6 Å². The van der Waals surface area contributed by atoms with E-state index in [4.69, 9.17) is 0 Å². The Morgan fingerprint density at radius 2 is 1.76 bits per heavy atom. The van der Waals surface area contributed by atoms with Crippen molar-refractivity contribution < 1.29 is 9.18 Å². The number of benzene rings is 1. The van der Waals surface area contributed by atoms with Gasteiger partial charge < -0.3 is 0 Å². The van der Waals surface area contributed by atoms with Gasteiger partial charge in [0, 0.05) is 5.92 Å². The van der Waals surface area contributed by atoms with Crippen LogP contribution >= 0.6 is 0 Å². The van der Waals surface area contributed by atoms with Gasteiger partial charge in [-0.3, -0.25) is 4.79 Å². The van der Waals surface area contributed by atoms with Crippen molar-refractivity contribution in [3.05, 3.63) is 35.6 Å². The normalized spacial score (nSPS) is 41.4. The first-order valence-electron chi connectivity index (χ1n) is 6.56. The van der Waals surface area contributed by atoms with E-state index < -0.39 is 0 Å². The van der Waals surface area contributed by atoms with E-state index in [-0.39, 0.29) is 17.5 Å². The third kappa shape index (κ3) is 1.21. The first-order valence-corrected chi connectivity index (χ1v) is 6.56. The Labute approximate surface area is 100 Å². The fraction of sp³-hybridized carbons (Fsp3) is 0.533. The number of carbonyl (C=O) groups is 1. The van der Waals surface area contributed by atoms with Crippen molar-refractivity contribution in [3.8, 4) is 0 Å². The van der Waals surface area contributed by atoms with Crippen molar-refractivity contribution >= 4 is 5.78 Å². The highest BCUT2D eigenvalue weighted by Gasteiger charge is 2.67. The Balaban J connectivity index is 1.62. The molecule has 4 atom stereocenters. The molecule has 0 amide bonds. The predicted octanol–water partition coefficient (Wildman–Crippen LogP) is 3.30. The van der Waals surface area contributed by atoms with Crippen molar-refractivity contribution in [3.63, 3.8) is 0 Å². The highest BCUT2D eigenvalue weighted by Crippen LogP contribution is 2.69. The Bertz CT molecular complexity index is 479. The summed E-state index contributed by atoms with van der Waals surface area (Å²) in [6, 6.07) is 6.42. The average molecular weight is 230 g/mol. The van der Waals surface area contributed by atoms with Crippen molar-refractivity contribution in [1.29, 1.82) is 0 Å². The molecule has 1 nitrogen and oxygen atoms in total. The zero-order chi connectivity index (χ0) is 11.6. The second kappa shape index (κ2) is 3.18. The maximum atomic E-state index is 13.6. The van der Waals surface area contributed by atoms with Gasteiger partial charge in [-0.15, -0.1) is 0 Å². The third-order valence-corrected chi connectivity index (χ3v) is 5.18. The van der Waals surface area contributed by atoms with Gasteiger partial charge >= 0.3 is 0 Å². The molecule has 0 aromatic heterocycles. The summed E-state index contributed by atoms with van der Waals surface area (Å²) in [5.74, 6) is 2.60. The Morgan fingerprint density at radius 3 is 2.41 bits per heavy atom. The minimum absolute atomic E-state index is 0.0645. The summed E-state index contributed by atoms with van der Waals surface area (Å²) in [5.41, 5.74) is 0.311. The summed E-state index contributed by atoms with van der Waals surface area (Å²) >= 11 is 0. The van der Waals surface area contributed by atoms with E-state index in [9.17, 15) is 9.18 Å². The van der Waals surface area contributed by atoms with E-state index in [1.165, 1.54) is 25.3 Å². The molecule has 0 aliphatic heterocycles. The summed E-state index contributed by atoms with van der Waals surface area (Å²) in [6.07, 6.45) is 3.93. The smallest absolute Gasteiger partial charge is 0.169 e. The molecular formula is C15H15FO. The summed E-state index contributed by atoms with van der Waals surface area (Å²) < 4.78 is 13.6. The monoisotopic (exact) mass is 230 g/mol. The zero-order valence-electron chi connectivity index (χ0n) is 9.60. The number of Topliss-reactive ketones (excluding diaryl/α,β-unsaturated/α-hetero) is 1. The molecule has 0 spiro atoms. The van der Waals surface area contributed by atoms with Crippen LogP contribution in [0.3, 0.4) is 0 Å². The Hall–Kier alpha value is -1.18. The van der Waals surface area contributed by atoms with Crippen LogP contribution in [0.5, 0.6) is 0 Å². The van der Waals surface area contributed by atoms with Gasteiger partial charge in [0.2, 0.25) is 0 Å². The lowest BCUT2D eigenvalue weighted by atomic mass is 9.96. The molecule has 1 aromatic rings. The van der Waals surface area contributed by atoms with Crippen molar-refractivity contribution in [2.75, 3.05) is 0 Å². The number of rotatable bonds is 2. The molecule has 1 aromatic carbocycles. The molecule has 0 saturated heterocycles. The number of halogens is 1. The van der Waals surface area contributed by atoms with Crippen LogP contribution < -0.4 is 0 Å². The first-order chi connectivity index (χ1) is 8.27. The molecule has 0 radical (unpaired) electrons. The van der Waals surface area contributed by atoms with Crippen LogP contribution in [0.25, 0.3) is 0 Å². The van der Waals surface area contributed by atoms with Crippen LogP contribution in [0.1, 0.15) is 29.6 Å². The topological polar surface area (TPSA) is 17.1 Å². The van der Waals surface area contributed by atoms with Crippen molar-refractivity contribution in [1.82, 2.24) is 0 Å². The van der Waals surface area contributed by atoms with Gasteiger partial charge in [0.1, 0.15) is 5.82 Å². The fourth-order valence-corrected chi connectivity index (χ4v) is 4.52. The summed E-state index contributed by atoms with van der Waals surface area (Å²) in [6.45, 7) is 0. The molecule has 0 heterocycles. The number of fused-ring (bicyclic) bond motifs is 5. The Morgan fingerprint density at radius 1 is 1.12 bits per heavy atom. The summed E-state index contributed by atoms with van der Waals surface area (Å²) in [5, 5.41) is 0. The highest BCUT2D eigenvalue weighted by molar-refractivity contribution is 6.00. The van der Waals surface area contributed by atoms with Crippen LogP contribution in [-0.2, 0) is 0 Å². The van der Waals surface area contributed by atoms with Gasteiger partial charge in [-0.25, -0.2) is 4.39 Å². The molecule has 3 aliphatic rings. The second-order valence-electron chi connectivity index (χ2n) is 5.86. The van der Waals surface area contributed by atoms with Crippen LogP contribution in [0.4, 0.5) is 4.39 Å². The number of carbonyl (C=O) groups excluding carboxylic acids is 1.